The van der Waals surface area contributed by atoms with E-state index in [1.807, 2.05) is 36.4 Å². The van der Waals surface area contributed by atoms with Crippen LogP contribution in [0.4, 0.5) is 5.69 Å². The van der Waals surface area contributed by atoms with E-state index >= 15 is 0 Å². The molecule has 0 saturated carbocycles. The number of rotatable bonds is 4. The molecule has 4 N–H and O–H groups in total. The standard InChI is InChI=1S/C13H14BN3O2S/c15-8-12-10-5-4-9(7-11(10)14(18)19-12)17-20-13-3-1-2-6-16-13/h1-7,12,17-18H,8,15H2. The Morgan fingerprint density at radius 2 is 2.30 bits per heavy atom. The van der Waals surface area contributed by atoms with E-state index in [-0.39, 0.29) is 6.10 Å². The highest BCUT2D eigenvalue weighted by molar-refractivity contribution is 8.00. The van der Waals surface area contributed by atoms with Gasteiger partial charge in [-0.2, -0.15) is 0 Å². The Bertz CT molecular complexity index is 599. The molecule has 0 bridgehead atoms. The number of nitrogens with zero attached hydrogens (tertiary/aromatic N) is 1. The summed E-state index contributed by atoms with van der Waals surface area (Å²) in [4.78, 5) is 4.22. The molecule has 0 aliphatic carbocycles. The Labute approximate surface area is 121 Å². The molecule has 7 heteroatoms. The summed E-state index contributed by atoms with van der Waals surface area (Å²) in [6, 6.07) is 11.5. The summed E-state index contributed by atoms with van der Waals surface area (Å²) in [5.74, 6) is 0. The summed E-state index contributed by atoms with van der Waals surface area (Å²) in [6.07, 6.45) is 1.52. The number of hydrogen-bond acceptors (Lipinski definition) is 6. The van der Waals surface area contributed by atoms with Crippen LogP contribution in [-0.2, 0) is 4.65 Å². The van der Waals surface area contributed by atoms with E-state index in [1.54, 1.807) is 6.20 Å². The summed E-state index contributed by atoms with van der Waals surface area (Å²) in [7, 11) is -0.903. The van der Waals surface area contributed by atoms with Gasteiger partial charge in [-0.15, -0.1) is 0 Å². The Morgan fingerprint density at radius 3 is 3.05 bits per heavy atom. The molecule has 1 aliphatic heterocycles. The molecule has 1 unspecified atom stereocenters. The van der Waals surface area contributed by atoms with Gasteiger partial charge in [0.05, 0.1) is 6.10 Å². The van der Waals surface area contributed by atoms with Crippen molar-refractivity contribution in [2.45, 2.75) is 11.1 Å². The van der Waals surface area contributed by atoms with E-state index in [0.29, 0.717) is 6.54 Å². The van der Waals surface area contributed by atoms with Gasteiger partial charge in [0.2, 0.25) is 0 Å². The van der Waals surface area contributed by atoms with E-state index in [1.165, 1.54) is 11.9 Å². The van der Waals surface area contributed by atoms with Gasteiger partial charge >= 0.3 is 7.12 Å². The molecule has 5 nitrogen and oxygen atoms in total. The first-order chi connectivity index (χ1) is 9.78. The molecule has 1 aromatic heterocycles. The van der Waals surface area contributed by atoms with Crippen molar-refractivity contribution in [3.8, 4) is 0 Å². The molecule has 2 aromatic rings. The lowest BCUT2D eigenvalue weighted by atomic mass is 9.79. The second-order valence-electron chi connectivity index (χ2n) is 4.43. The highest BCUT2D eigenvalue weighted by atomic mass is 32.2. The molecule has 0 spiro atoms. The topological polar surface area (TPSA) is 80.4 Å². The van der Waals surface area contributed by atoms with Crippen molar-refractivity contribution in [3.05, 3.63) is 48.2 Å². The Hall–Kier alpha value is -1.54. The quantitative estimate of drug-likeness (QED) is 0.573. The molecule has 1 aromatic carbocycles. The van der Waals surface area contributed by atoms with Crippen molar-refractivity contribution in [2.75, 3.05) is 11.3 Å². The maximum Gasteiger partial charge on any atom is 0.492 e. The van der Waals surface area contributed by atoms with Crippen LogP contribution < -0.4 is 15.9 Å². The van der Waals surface area contributed by atoms with Crippen molar-refractivity contribution < 1.29 is 9.68 Å². The van der Waals surface area contributed by atoms with Crippen molar-refractivity contribution in [1.29, 1.82) is 0 Å². The van der Waals surface area contributed by atoms with Crippen molar-refractivity contribution >= 4 is 30.2 Å². The van der Waals surface area contributed by atoms with Crippen LogP contribution in [0.15, 0.2) is 47.6 Å². The minimum Gasteiger partial charge on any atom is -0.423 e. The van der Waals surface area contributed by atoms with Crippen LogP contribution in [0.1, 0.15) is 11.7 Å². The highest BCUT2D eigenvalue weighted by Gasteiger charge is 2.34. The maximum absolute atomic E-state index is 9.87. The van der Waals surface area contributed by atoms with Crippen LogP contribution >= 0.6 is 11.9 Å². The van der Waals surface area contributed by atoms with Gasteiger partial charge in [-0.25, -0.2) is 4.98 Å². The molecule has 3 rings (SSSR count). The zero-order valence-corrected chi connectivity index (χ0v) is 11.5. The summed E-state index contributed by atoms with van der Waals surface area (Å²) in [5, 5.41) is 10.7. The van der Waals surface area contributed by atoms with Gasteiger partial charge in [0.1, 0.15) is 5.03 Å². The molecular weight excluding hydrogens is 273 g/mol. The van der Waals surface area contributed by atoms with Gasteiger partial charge in [0.25, 0.3) is 0 Å². The van der Waals surface area contributed by atoms with E-state index in [2.05, 4.69) is 9.71 Å². The van der Waals surface area contributed by atoms with Crippen LogP contribution in [0.5, 0.6) is 0 Å². The normalized spacial score (nSPS) is 17.1. The number of nitrogens with two attached hydrogens (primary N) is 1. The molecule has 0 radical (unpaired) electrons. The van der Waals surface area contributed by atoms with Gasteiger partial charge in [0.15, 0.2) is 0 Å². The van der Waals surface area contributed by atoms with Crippen LogP contribution in [0, 0.1) is 0 Å². The molecule has 102 valence electrons. The molecule has 0 fully saturated rings. The molecule has 2 heterocycles. The Morgan fingerprint density at radius 1 is 1.40 bits per heavy atom. The third-order valence-electron chi connectivity index (χ3n) is 3.12. The number of aromatic nitrogens is 1. The number of pyridine rings is 1. The first-order valence-corrected chi connectivity index (χ1v) is 7.11. The third-order valence-corrected chi connectivity index (χ3v) is 3.91. The summed E-state index contributed by atoms with van der Waals surface area (Å²) >= 11 is 1.42. The first-order valence-electron chi connectivity index (χ1n) is 6.29. The minimum atomic E-state index is -0.903. The van der Waals surface area contributed by atoms with E-state index in [0.717, 1.165) is 21.7 Å². The molecule has 1 atom stereocenters. The smallest absolute Gasteiger partial charge is 0.423 e. The number of nitrogens with one attached hydrogen (secondary N) is 1. The highest BCUT2D eigenvalue weighted by Crippen LogP contribution is 2.26. The zero-order chi connectivity index (χ0) is 13.9. The molecule has 0 saturated heterocycles. The minimum absolute atomic E-state index is 0.225. The molecule has 1 aliphatic rings. The molecular formula is C13H14BN3O2S. The molecule has 0 amide bonds. The fraction of sp³-hybridized carbons (Fsp3) is 0.154. The van der Waals surface area contributed by atoms with E-state index in [9.17, 15) is 5.02 Å². The zero-order valence-electron chi connectivity index (χ0n) is 10.7. The van der Waals surface area contributed by atoms with Crippen LogP contribution in [0.3, 0.4) is 0 Å². The van der Waals surface area contributed by atoms with Gasteiger partial charge in [-0.05, 0) is 35.3 Å². The lowest BCUT2D eigenvalue weighted by Gasteiger charge is -2.09. The van der Waals surface area contributed by atoms with Crippen LogP contribution in [0.2, 0.25) is 0 Å². The lowest BCUT2D eigenvalue weighted by molar-refractivity contribution is 0.198. The summed E-state index contributed by atoms with van der Waals surface area (Å²) < 4.78 is 8.58. The number of anilines is 1. The average Bonchev–Trinajstić information content (AvgIpc) is 2.82. The van der Waals surface area contributed by atoms with Gasteiger partial charge in [-0.1, -0.05) is 12.1 Å². The lowest BCUT2D eigenvalue weighted by Crippen LogP contribution is -2.28. The van der Waals surface area contributed by atoms with Crippen molar-refractivity contribution in [2.24, 2.45) is 5.73 Å². The fourth-order valence-electron chi connectivity index (χ4n) is 2.15. The van der Waals surface area contributed by atoms with Crippen LogP contribution in [0.25, 0.3) is 0 Å². The fourth-order valence-corrected chi connectivity index (χ4v) is 2.76. The SMILES string of the molecule is NCC1OB(O)c2cc(NSc3ccccn3)ccc21. The van der Waals surface area contributed by atoms with Gasteiger partial charge < -0.3 is 20.1 Å². The van der Waals surface area contributed by atoms with E-state index < -0.39 is 7.12 Å². The number of benzene rings is 1. The van der Waals surface area contributed by atoms with Gasteiger partial charge in [-0.3, -0.25) is 0 Å². The largest absolute Gasteiger partial charge is 0.492 e. The van der Waals surface area contributed by atoms with Crippen molar-refractivity contribution in [1.82, 2.24) is 4.98 Å². The van der Waals surface area contributed by atoms with E-state index in [4.69, 9.17) is 10.4 Å². The number of fused-ring (bicyclic) bond motifs is 1. The second-order valence-corrected chi connectivity index (χ2v) is 5.26. The average molecular weight is 287 g/mol. The summed E-state index contributed by atoms with van der Waals surface area (Å²) in [5.41, 5.74) is 8.23. The predicted octanol–water partition coefficient (Wildman–Crippen LogP) is 0.918. The van der Waals surface area contributed by atoms with Gasteiger partial charge in [0, 0.05) is 30.4 Å². The number of hydrogen-bond donors (Lipinski definition) is 3. The Kier molecular flexibility index (Phi) is 3.93. The Balaban J connectivity index is 1.75. The van der Waals surface area contributed by atoms with Crippen molar-refractivity contribution in [3.63, 3.8) is 0 Å². The molecule has 20 heavy (non-hydrogen) atoms. The first kappa shape index (κ1) is 13.4. The second kappa shape index (κ2) is 5.84. The third kappa shape index (κ3) is 2.66. The monoisotopic (exact) mass is 287 g/mol. The predicted molar refractivity (Wildman–Crippen MR) is 80.6 cm³/mol. The van der Waals surface area contributed by atoms with Crippen LogP contribution in [-0.4, -0.2) is 23.7 Å². The maximum atomic E-state index is 9.87. The summed E-state index contributed by atoms with van der Waals surface area (Å²) in [6.45, 7) is 0.361.